The third-order valence-electron chi connectivity index (χ3n) is 2.49. The van der Waals surface area contributed by atoms with E-state index in [4.69, 9.17) is 4.74 Å². The van der Waals surface area contributed by atoms with E-state index < -0.39 is 0 Å². The van der Waals surface area contributed by atoms with Gasteiger partial charge in [0.15, 0.2) is 0 Å². The number of ether oxygens (including phenoxy) is 1. The molecular weight excluding hydrogens is 182 g/mol. The van der Waals surface area contributed by atoms with E-state index in [0.29, 0.717) is 0 Å². The van der Waals surface area contributed by atoms with Crippen LogP contribution >= 0.6 is 11.3 Å². The zero-order valence-corrected chi connectivity index (χ0v) is 8.96. The number of hydrogen-bond acceptors (Lipinski definition) is 3. The molecule has 0 radical (unpaired) electrons. The highest BCUT2D eigenvalue weighted by molar-refractivity contribution is 7.12. The molecule has 0 atom stereocenters. The lowest BCUT2D eigenvalue weighted by molar-refractivity contribution is 0.409. The van der Waals surface area contributed by atoms with Crippen molar-refractivity contribution in [1.29, 1.82) is 0 Å². The van der Waals surface area contributed by atoms with Gasteiger partial charge in [0.1, 0.15) is 5.75 Å². The van der Waals surface area contributed by atoms with Crippen LogP contribution in [0.3, 0.4) is 0 Å². The van der Waals surface area contributed by atoms with Crippen molar-refractivity contribution in [3.05, 3.63) is 15.3 Å². The minimum absolute atomic E-state index is 1.08. The molecule has 0 saturated carbocycles. The maximum absolute atomic E-state index is 5.42. The van der Waals surface area contributed by atoms with Crippen LogP contribution in [-0.2, 0) is 12.8 Å². The molecule has 3 heteroatoms. The highest BCUT2D eigenvalue weighted by Gasteiger charge is 2.17. The van der Waals surface area contributed by atoms with Crippen LogP contribution in [0.2, 0.25) is 0 Å². The van der Waals surface area contributed by atoms with Gasteiger partial charge in [-0.3, -0.25) is 0 Å². The number of nitrogens with one attached hydrogen (secondary N) is 1. The maximum Gasteiger partial charge on any atom is 0.135 e. The zero-order valence-electron chi connectivity index (χ0n) is 8.14. The van der Waals surface area contributed by atoms with E-state index in [1.165, 1.54) is 15.3 Å². The van der Waals surface area contributed by atoms with Gasteiger partial charge in [0.2, 0.25) is 0 Å². The second-order valence-corrected chi connectivity index (χ2v) is 4.65. The second-order valence-electron chi connectivity index (χ2n) is 3.34. The molecule has 0 amide bonds. The molecule has 0 aromatic carbocycles. The van der Waals surface area contributed by atoms with Gasteiger partial charge in [-0.15, -0.1) is 11.3 Å². The fourth-order valence-corrected chi connectivity index (χ4v) is 3.08. The van der Waals surface area contributed by atoms with E-state index in [1.807, 2.05) is 11.3 Å². The van der Waals surface area contributed by atoms with Crippen LogP contribution in [0, 0.1) is 6.92 Å². The van der Waals surface area contributed by atoms with E-state index in [9.17, 15) is 0 Å². The molecule has 1 aromatic rings. The molecule has 13 heavy (non-hydrogen) atoms. The molecule has 2 nitrogen and oxygen atoms in total. The van der Waals surface area contributed by atoms with Crippen LogP contribution in [0.25, 0.3) is 0 Å². The molecule has 0 bridgehead atoms. The van der Waals surface area contributed by atoms with Gasteiger partial charge in [-0.05, 0) is 32.9 Å². The van der Waals surface area contributed by atoms with Gasteiger partial charge in [0.25, 0.3) is 0 Å². The molecule has 1 aromatic heterocycles. The van der Waals surface area contributed by atoms with E-state index >= 15 is 0 Å². The van der Waals surface area contributed by atoms with Crippen LogP contribution in [0.1, 0.15) is 15.3 Å². The Hall–Kier alpha value is -0.540. The number of aryl methyl sites for hydroxylation is 1. The van der Waals surface area contributed by atoms with Gasteiger partial charge in [-0.25, -0.2) is 0 Å². The molecule has 2 heterocycles. The summed E-state index contributed by atoms with van der Waals surface area (Å²) in [5.74, 6) is 1.13. The molecule has 1 N–H and O–H groups in total. The fourth-order valence-electron chi connectivity index (χ4n) is 1.89. The SMILES string of the molecule is COc1c(C)sc2c1CCNCC2. The van der Waals surface area contributed by atoms with Crippen LogP contribution < -0.4 is 10.1 Å². The summed E-state index contributed by atoms with van der Waals surface area (Å²) in [6.45, 7) is 4.33. The minimum Gasteiger partial charge on any atom is -0.495 e. The van der Waals surface area contributed by atoms with Crippen LogP contribution in [0.15, 0.2) is 0 Å². The van der Waals surface area contributed by atoms with Crippen molar-refractivity contribution in [3.8, 4) is 5.75 Å². The van der Waals surface area contributed by atoms with E-state index in [0.717, 1.165) is 31.7 Å². The molecule has 0 fully saturated rings. The van der Waals surface area contributed by atoms with Gasteiger partial charge in [-0.1, -0.05) is 0 Å². The molecule has 0 saturated heterocycles. The van der Waals surface area contributed by atoms with Crippen molar-refractivity contribution >= 4 is 11.3 Å². The molecule has 2 rings (SSSR count). The summed E-state index contributed by atoms with van der Waals surface area (Å²) in [6, 6.07) is 0. The molecule has 1 aliphatic heterocycles. The predicted octanol–water partition coefficient (Wildman–Crippen LogP) is 1.75. The Morgan fingerprint density at radius 1 is 1.31 bits per heavy atom. The number of hydrogen-bond donors (Lipinski definition) is 1. The van der Waals surface area contributed by atoms with Crippen molar-refractivity contribution in [2.45, 2.75) is 19.8 Å². The van der Waals surface area contributed by atoms with Crippen LogP contribution in [-0.4, -0.2) is 20.2 Å². The Morgan fingerprint density at radius 3 is 2.85 bits per heavy atom. The molecule has 1 aliphatic rings. The third kappa shape index (κ3) is 1.58. The first kappa shape index (κ1) is 9.03. The smallest absolute Gasteiger partial charge is 0.135 e. The summed E-state index contributed by atoms with van der Waals surface area (Å²) in [4.78, 5) is 2.84. The third-order valence-corrected chi connectivity index (χ3v) is 3.68. The van der Waals surface area contributed by atoms with Gasteiger partial charge >= 0.3 is 0 Å². The lowest BCUT2D eigenvalue weighted by Crippen LogP contribution is -2.16. The normalized spacial score (nSPS) is 16.5. The van der Waals surface area contributed by atoms with Gasteiger partial charge in [0.05, 0.1) is 7.11 Å². The number of fused-ring (bicyclic) bond motifs is 1. The number of thiophene rings is 1. The topological polar surface area (TPSA) is 21.3 Å². The average molecular weight is 197 g/mol. The maximum atomic E-state index is 5.42. The van der Waals surface area contributed by atoms with Crippen LogP contribution in [0.5, 0.6) is 5.75 Å². The first-order valence-electron chi connectivity index (χ1n) is 4.68. The lowest BCUT2D eigenvalue weighted by Gasteiger charge is -2.03. The second kappa shape index (κ2) is 3.68. The van der Waals surface area contributed by atoms with Crippen molar-refractivity contribution in [2.75, 3.05) is 20.2 Å². The summed E-state index contributed by atoms with van der Waals surface area (Å²) in [7, 11) is 1.77. The van der Waals surface area contributed by atoms with Gasteiger partial charge in [-0.2, -0.15) is 0 Å². The molecule has 0 unspecified atom stereocenters. The quantitative estimate of drug-likeness (QED) is 0.740. The van der Waals surface area contributed by atoms with Crippen molar-refractivity contribution < 1.29 is 4.74 Å². The first-order valence-corrected chi connectivity index (χ1v) is 5.50. The summed E-state index contributed by atoms with van der Waals surface area (Å²) in [5.41, 5.74) is 1.44. The summed E-state index contributed by atoms with van der Waals surface area (Å²) < 4.78 is 5.42. The largest absolute Gasteiger partial charge is 0.495 e. The Morgan fingerprint density at radius 2 is 2.08 bits per heavy atom. The monoisotopic (exact) mass is 197 g/mol. The van der Waals surface area contributed by atoms with Gasteiger partial charge in [0, 0.05) is 15.3 Å². The van der Waals surface area contributed by atoms with Crippen LogP contribution in [0.4, 0.5) is 0 Å². The fraction of sp³-hybridized carbons (Fsp3) is 0.600. The van der Waals surface area contributed by atoms with Crippen molar-refractivity contribution in [1.82, 2.24) is 5.32 Å². The summed E-state index contributed by atoms with van der Waals surface area (Å²) in [5, 5.41) is 3.40. The Bertz CT molecular complexity index is 306. The average Bonchev–Trinajstić information content (AvgIpc) is 2.32. The molecule has 0 aliphatic carbocycles. The Kier molecular flexibility index (Phi) is 2.56. The van der Waals surface area contributed by atoms with Gasteiger partial charge < -0.3 is 10.1 Å². The highest BCUT2D eigenvalue weighted by Crippen LogP contribution is 2.35. The zero-order chi connectivity index (χ0) is 9.26. The lowest BCUT2D eigenvalue weighted by atomic mass is 10.1. The van der Waals surface area contributed by atoms with E-state index in [2.05, 4.69) is 12.2 Å². The minimum atomic E-state index is 1.08. The Labute approximate surface area is 82.9 Å². The number of methoxy groups -OCH3 is 1. The predicted molar refractivity (Wildman–Crippen MR) is 55.9 cm³/mol. The van der Waals surface area contributed by atoms with Crippen molar-refractivity contribution in [3.63, 3.8) is 0 Å². The Balaban J connectivity index is 2.41. The van der Waals surface area contributed by atoms with E-state index in [-0.39, 0.29) is 0 Å². The summed E-state index contributed by atoms with van der Waals surface area (Å²) in [6.07, 6.45) is 2.27. The first-order chi connectivity index (χ1) is 6.33. The van der Waals surface area contributed by atoms with Crippen molar-refractivity contribution in [2.24, 2.45) is 0 Å². The molecule has 0 spiro atoms. The highest BCUT2D eigenvalue weighted by atomic mass is 32.1. The standard InChI is InChI=1S/C10H15NOS/c1-7-10(12-2)8-3-5-11-6-4-9(8)13-7/h11H,3-6H2,1-2H3. The molecule has 72 valence electrons. The summed E-state index contributed by atoms with van der Waals surface area (Å²) >= 11 is 1.89. The molecular formula is C10H15NOS. The van der Waals surface area contributed by atoms with E-state index in [1.54, 1.807) is 7.11 Å². The number of rotatable bonds is 1.